The number of aromatic nitrogens is 4. The van der Waals surface area contributed by atoms with E-state index in [1.807, 2.05) is 48.5 Å². The number of amides is 4. The number of anilines is 2. The molecule has 0 unspecified atom stereocenters. The molecule has 5 N–H and O–H groups in total. The fourth-order valence-electron chi connectivity index (χ4n) is 9.76. The highest BCUT2D eigenvalue weighted by atomic mass is 35.5. The minimum absolute atomic E-state index is 0.103. The molecule has 0 aliphatic carbocycles. The summed E-state index contributed by atoms with van der Waals surface area (Å²) in [4.78, 5) is 55.9. The molecule has 2 aliphatic rings. The van der Waals surface area contributed by atoms with Gasteiger partial charge in [-0.2, -0.15) is 13.2 Å². The summed E-state index contributed by atoms with van der Waals surface area (Å²) in [5.74, 6) is -1.67. The Labute approximate surface area is 532 Å². The van der Waals surface area contributed by atoms with Crippen molar-refractivity contribution in [1.82, 2.24) is 40.4 Å². The number of nitrogens with one attached hydrogen (secondary N) is 4. The number of hydrogen-bond donors (Lipinski definition) is 5. The molecule has 27 heteroatoms. The highest BCUT2D eigenvalue weighted by Crippen LogP contribution is 2.41. The molecule has 2 aliphatic heterocycles. The van der Waals surface area contributed by atoms with Crippen LogP contribution in [-0.4, -0.2) is 165 Å². The average Bonchev–Trinajstić information content (AvgIpc) is 0.986. The smallest absolute Gasteiger partial charge is 0.475 e. The number of ether oxygens (including phenoxy) is 6. The van der Waals surface area contributed by atoms with Crippen molar-refractivity contribution in [2.24, 2.45) is 0 Å². The zero-order valence-electron chi connectivity index (χ0n) is 48.5. The lowest BCUT2D eigenvalue weighted by atomic mass is 9.84. The van der Waals surface area contributed by atoms with Crippen LogP contribution in [-0.2, 0) is 36.8 Å². The number of nitrogens with zero attached hydrogens (tertiary/aromatic N) is 6. The minimum Gasteiger partial charge on any atom is -0.475 e. The van der Waals surface area contributed by atoms with E-state index in [0.29, 0.717) is 122 Å². The second-order valence-corrected chi connectivity index (χ2v) is 22.1. The van der Waals surface area contributed by atoms with Crippen molar-refractivity contribution in [3.05, 3.63) is 175 Å². The number of urea groups is 2. The number of likely N-dealkylation sites (N-methyl/N-ethyl adjacent to an activating group) is 2. The quantitative estimate of drug-likeness (QED) is 0.0317. The van der Waals surface area contributed by atoms with Gasteiger partial charge in [0.2, 0.25) is 11.8 Å². The number of halogens is 7. The summed E-state index contributed by atoms with van der Waals surface area (Å²) < 4.78 is 66.0. The van der Waals surface area contributed by atoms with Crippen LogP contribution in [0.4, 0.5) is 34.1 Å². The molecule has 0 saturated heterocycles. The number of carbonyl (C=O) groups is 3. The molecule has 7 aromatic rings. The van der Waals surface area contributed by atoms with Gasteiger partial charge in [0.1, 0.15) is 25.9 Å². The van der Waals surface area contributed by atoms with E-state index in [1.165, 1.54) is 12.7 Å². The first-order valence-corrected chi connectivity index (χ1v) is 29.6. The average molecular weight is 1310 g/mol. The van der Waals surface area contributed by atoms with Gasteiger partial charge in [-0.15, -0.1) is 0 Å². The lowest BCUT2D eigenvalue weighted by Crippen LogP contribution is -2.32. The van der Waals surface area contributed by atoms with Crippen molar-refractivity contribution in [2.75, 3.05) is 117 Å². The molecular weight excluding hydrogens is 1240 g/mol. The van der Waals surface area contributed by atoms with Crippen LogP contribution in [0.2, 0.25) is 20.1 Å². The maximum absolute atomic E-state index is 12.5. The van der Waals surface area contributed by atoms with Gasteiger partial charge >= 0.3 is 24.2 Å². The van der Waals surface area contributed by atoms with Gasteiger partial charge in [0, 0.05) is 106 Å². The number of fused-ring (bicyclic) bond motifs is 2. The van der Waals surface area contributed by atoms with Crippen LogP contribution >= 0.6 is 46.4 Å². The molecule has 2 aromatic heterocycles. The van der Waals surface area contributed by atoms with E-state index in [0.717, 1.165) is 82.1 Å². The van der Waals surface area contributed by atoms with Gasteiger partial charge in [-0.1, -0.05) is 82.8 Å². The lowest BCUT2D eigenvalue weighted by molar-refractivity contribution is -0.192. The van der Waals surface area contributed by atoms with E-state index in [1.54, 1.807) is 36.4 Å². The standard InChI is InChI=1S/C60H64Cl4N10O8.C2HF3O2/c1-73-33-49(47-27-43(61)29-53(63)51(47)35-73)39-5-3-7-41(25-39)55-31-57(69-37-67-55)81-23-21-79-19-17-77-15-13-65-59(75)71-45-9-11-46(12-10-45)72-60(76)66-14-16-78-18-20-80-22-24-82-58-32-56(68-38-70-58)42-8-4-6-40(26-42)50-34-74(2)36-52-48(50)28-44(62)30-54(52)64;3-2(4,5)1(6)7/h3-12,25-32,37-38,49-50H,13-24,33-36H2,1-2H3,(H2,65,71,75)(H2,66,72,76);(H,6,7)/t49-,50-;/m0./s1. The van der Waals surface area contributed by atoms with Gasteiger partial charge in [0.25, 0.3) is 0 Å². The predicted molar refractivity (Wildman–Crippen MR) is 333 cm³/mol. The maximum atomic E-state index is 12.5. The summed E-state index contributed by atoms with van der Waals surface area (Å²) in [6.07, 6.45) is -2.10. The Morgan fingerprint density at radius 2 is 0.921 bits per heavy atom. The summed E-state index contributed by atoms with van der Waals surface area (Å²) in [5.41, 5.74) is 11.3. The van der Waals surface area contributed by atoms with Crippen LogP contribution in [0.5, 0.6) is 11.8 Å². The minimum atomic E-state index is -5.08. The van der Waals surface area contributed by atoms with E-state index < -0.39 is 24.2 Å². The molecule has 89 heavy (non-hydrogen) atoms. The number of carbonyl (C=O) groups excluding carboxylic acids is 2. The Balaban J connectivity index is 0.00000138. The van der Waals surface area contributed by atoms with Crippen LogP contribution in [0.3, 0.4) is 0 Å². The SMILES string of the molecule is CN1Cc2c(Cl)cc(Cl)cc2[C@H](c2cccc(-c3cc(OCCOCCOCCNC(=O)Nc4ccc(NC(=O)NCCOCCOCCOc5cc(-c6cccc([C@@H]7CN(C)Cc8c(Cl)cc(Cl)cc87)c6)ncn5)cc4)ncn3)c2)C1.O=C(O)C(F)(F)F. The maximum Gasteiger partial charge on any atom is 0.490 e. The van der Waals surface area contributed by atoms with Crippen LogP contribution in [0.15, 0.2) is 122 Å². The lowest BCUT2D eigenvalue weighted by Gasteiger charge is -2.33. The number of aliphatic carboxylic acids is 1. The number of carboxylic acids is 1. The second-order valence-electron chi connectivity index (χ2n) is 20.4. The van der Waals surface area contributed by atoms with Gasteiger partial charge in [-0.3, -0.25) is 0 Å². The summed E-state index contributed by atoms with van der Waals surface area (Å²) in [5, 5.41) is 20.8. The Morgan fingerprint density at radius 3 is 1.31 bits per heavy atom. The van der Waals surface area contributed by atoms with Crippen molar-refractivity contribution in [2.45, 2.75) is 31.1 Å². The first-order chi connectivity index (χ1) is 42.9. The number of alkyl halides is 3. The Kier molecular flexibility index (Phi) is 25.3. The van der Waals surface area contributed by atoms with Crippen molar-refractivity contribution < 1.29 is 61.1 Å². The predicted octanol–water partition coefficient (Wildman–Crippen LogP) is 11.5. The monoisotopic (exact) mass is 1310 g/mol. The number of rotatable bonds is 26. The van der Waals surface area contributed by atoms with Gasteiger partial charge in [0.05, 0.1) is 64.2 Å². The zero-order chi connectivity index (χ0) is 63.3. The summed E-state index contributed by atoms with van der Waals surface area (Å²) in [6, 6.07) is 33.9. The molecule has 0 saturated carbocycles. The summed E-state index contributed by atoms with van der Waals surface area (Å²) in [6.45, 7) is 7.03. The topological polar surface area (TPSA) is 233 Å². The summed E-state index contributed by atoms with van der Waals surface area (Å²) in [7, 11) is 4.18. The Morgan fingerprint density at radius 1 is 0.539 bits per heavy atom. The van der Waals surface area contributed by atoms with Crippen LogP contribution in [0.1, 0.15) is 45.2 Å². The molecule has 2 atom stereocenters. The molecule has 4 heterocycles. The normalized spacial score (nSPS) is 14.8. The number of benzene rings is 5. The van der Waals surface area contributed by atoms with Gasteiger partial charge in [0.15, 0.2) is 0 Å². The molecule has 0 bridgehead atoms. The fraction of sp³-hybridized carbons (Fsp3) is 0.339. The van der Waals surface area contributed by atoms with Gasteiger partial charge in [-0.25, -0.2) is 34.3 Å². The highest BCUT2D eigenvalue weighted by molar-refractivity contribution is 6.35. The van der Waals surface area contributed by atoms with E-state index in [9.17, 15) is 22.8 Å². The largest absolute Gasteiger partial charge is 0.490 e. The second kappa shape index (κ2) is 33.4. The highest BCUT2D eigenvalue weighted by Gasteiger charge is 2.38. The third-order valence-corrected chi connectivity index (χ3v) is 15.0. The molecule has 20 nitrogen and oxygen atoms in total. The van der Waals surface area contributed by atoms with Crippen LogP contribution in [0, 0.1) is 0 Å². The van der Waals surface area contributed by atoms with Crippen molar-refractivity contribution >= 4 is 75.8 Å². The van der Waals surface area contributed by atoms with E-state index in [-0.39, 0.29) is 11.8 Å². The van der Waals surface area contributed by atoms with E-state index in [2.05, 4.69) is 89.4 Å². The third-order valence-electron chi connectivity index (χ3n) is 13.8. The Hall–Kier alpha value is -7.42. The molecule has 9 rings (SSSR count). The first-order valence-electron chi connectivity index (χ1n) is 28.1. The van der Waals surface area contributed by atoms with Crippen molar-refractivity contribution in [3.8, 4) is 34.3 Å². The molecular formula is C62H65Cl4F3N10O10. The van der Waals surface area contributed by atoms with Crippen LogP contribution in [0.25, 0.3) is 22.5 Å². The van der Waals surface area contributed by atoms with Gasteiger partial charge < -0.3 is 64.6 Å². The summed E-state index contributed by atoms with van der Waals surface area (Å²) >= 11 is 26.1. The molecule has 4 amide bonds. The van der Waals surface area contributed by atoms with Crippen molar-refractivity contribution in [1.29, 1.82) is 0 Å². The third kappa shape index (κ3) is 20.8. The molecule has 0 fully saturated rings. The van der Waals surface area contributed by atoms with Crippen LogP contribution < -0.4 is 30.7 Å². The van der Waals surface area contributed by atoms with Gasteiger partial charge in [-0.05, 0) is 108 Å². The Bertz CT molecular complexity index is 3300. The fourth-order valence-corrected chi connectivity index (χ4v) is 10.9. The molecule has 0 radical (unpaired) electrons. The van der Waals surface area contributed by atoms with Crippen molar-refractivity contribution in [3.63, 3.8) is 0 Å². The number of carboxylic acid groups (broad SMARTS) is 1. The zero-order valence-corrected chi connectivity index (χ0v) is 51.5. The molecule has 5 aromatic carbocycles. The molecule has 472 valence electrons. The van der Waals surface area contributed by atoms with E-state index >= 15 is 0 Å². The van der Waals surface area contributed by atoms with E-state index in [4.69, 9.17) is 84.7 Å². The number of hydrogen-bond acceptors (Lipinski definition) is 15. The first kappa shape index (κ1) is 67.5. The molecule has 0 spiro atoms.